The Hall–Kier alpha value is -3.03. The molecule has 0 spiro atoms. The molecule has 2 heterocycles. The second-order valence-electron chi connectivity index (χ2n) is 4.83. The summed E-state index contributed by atoms with van der Waals surface area (Å²) in [6.07, 6.45) is 0. The highest BCUT2D eigenvalue weighted by atomic mass is 16.5. The van der Waals surface area contributed by atoms with Crippen LogP contribution in [0.5, 0.6) is 0 Å². The zero-order chi connectivity index (χ0) is 15.5. The molecule has 1 aromatic carbocycles. The summed E-state index contributed by atoms with van der Waals surface area (Å²) in [5.74, 6) is 1.17. The van der Waals surface area contributed by atoms with Gasteiger partial charge in [-0.25, -0.2) is 0 Å². The van der Waals surface area contributed by atoms with Gasteiger partial charge in [0.1, 0.15) is 12.3 Å². The van der Waals surface area contributed by atoms with E-state index in [9.17, 15) is 4.79 Å². The molecule has 0 saturated carbocycles. The quantitative estimate of drug-likeness (QED) is 0.785. The first-order valence-corrected chi connectivity index (χ1v) is 6.69. The molecule has 0 unspecified atom stereocenters. The molecule has 0 atom stereocenters. The summed E-state index contributed by atoms with van der Waals surface area (Å²) in [6, 6.07) is 9.36. The summed E-state index contributed by atoms with van der Waals surface area (Å²) in [7, 11) is 0. The largest absolute Gasteiger partial charge is 0.360 e. The topological polar surface area (TPSA) is 98.7 Å². The van der Waals surface area contributed by atoms with E-state index in [1.54, 1.807) is 13.0 Å². The molecule has 112 valence electrons. The first kappa shape index (κ1) is 13.9. The van der Waals surface area contributed by atoms with Gasteiger partial charge < -0.3 is 9.84 Å². The lowest BCUT2D eigenvalue weighted by Gasteiger charge is -2.00. The highest BCUT2D eigenvalue weighted by Crippen LogP contribution is 2.17. The summed E-state index contributed by atoms with van der Waals surface area (Å²) in [4.78, 5) is 13.1. The standard InChI is InChI=1S/C14H14N6O2/c1-9-5-3-4-6-11(9)14-16-19-20(17-14)8-13(21)15-12-7-10(2)22-18-12/h3-7H,8H2,1-2H3,(H,15,18,21). The van der Waals surface area contributed by atoms with Crippen molar-refractivity contribution in [2.75, 3.05) is 5.32 Å². The number of nitrogens with zero attached hydrogens (tertiary/aromatic N) is 5. The number of benzene rings is 1. The van der Waals surface area contributed by atoms with Gasteiger partial charge in [-0.1, -0.05) is 29.4 Å². The normalized spacial score (nSPS) is 10.6. The summed E-state index contributed by atoms with van der Waals surface area (Å²) >= 11 is 0. The van der Waals surface area contributed by atoms with Crippen molar-refractivity contribution < 1.29 is 9.32 Å². The van der Waals surface area contributed by atoms with Crippen molar-refractivity contribution in [3.63, 3.8) is 0 Å². The first-order chi connectivity index (χ1) is 10.6. The molecule has 1 amide bonds. The third kappa shape index (κ3) is 3.00. The van der Waals surface area contributed by atoms with Crippen molar-refractivity contribution in [2.45, 2.75) is 20.4 Å². The van der Waals surface area contributed by atoms with E-state index in [2.05, 4.69) is 25.9 Å². The maximum Gasteiger partial charge on any atom is 0.249 e. The number of hydrogen-bond donors (Lipinski definition) is 1. The molecule has 8 nitrogen and oxygen atoms in total. The van der Waals surface area contributed by atoms with E-state index < -0.39 is 0 Å². The van der Waals surface area contributed by atoms with Gasteiger partial charge in [0.2, 0.25) is 11.7 Å². The summed E-state index contributed by atoms with van der Waals surface area (Å²) in [5, 5.41) is 18.4. The van der Waals surface area contributed by atoms with Gasteiger partial charge in [-0.15, -0.1) is 10.2 Å². The smallest absolute Gasteiger partial charge is 0.249 e. The average molecular weight is 298 g/mol. The zero-order valence-corrected chi connectivity index (χ0v) is 12.1. The Morgan fingerprint density at radius 2 is 2.14 bits per heavy atom. The summed E-state index contributed by atoms with van der Waals surface area (Å²) < 4.78 is 4.88. The fourth-order valence-corrected chi connectivity index (χ4v) is 1.98. The number of anilines is 1. The maximum atomic E-state index is 11.9. The Labute approximate surface area is 126 Å². The van der Waals surface area contributed by atoms with Crippen LogP contribution in [0, 0.1) is 13.8 Å². The van der Waals surface area contributed by atoms with Gasteiger partial charge >= 0.3 is 0 Å². The SMILES string of the molecule is Cc1cc(NC(=O)Cn2nnc(-c3ccccc3C)n2)no1. The van der Waals surface area contributed by atoms with Crippen LogP contribution in [0.15, 0.2) is 34.9 Å². The van der Waals surface area contributed by atoms with E-state index in [1.165, 1.54) is 4.80 Å². The van der Waals surface area contributed by atoms with Crippen LogP contribution in [0.1, 0.15) is 11.3 Å². The van der Waals surface area contributed by atoms with Crippen molar-refractivity contribution in [1.82, 2.24) is 25.4 Å². The van der Waals surface area contributed by atoms with Crippen molar-refractivity contribution in [1.29, 1.82) is 0 Å². The molecule has 0 aliphatic rings. The average Bonchev–Trinajstić information content (AvgIpc) is 3.09. The minimum atomic E-state index is -0.304. The number of carbonyl (C=O) groups is 1. The molecule has 0 aliphatic carbocycles. The van der Waals surface area contributed by atoms with Crippen LogP contribution in [0.2, 0.25) is 0 Å². The van der Waals surface area contributed by atoms with Crippen LogP contribution in [0.4, 0.5) is 5.82 Å². The Bertz CT molecular complexity index is 807. The van der Waals surface area contributed by atoms with E-state index in [0.717, 1.165) is 11.1 Å². The van der Waals surface area contributed by atoms with Gasteiger partial charge in [0, 0.05) is 11.6 Å². The predicted octanol–water partition coefficient (Wildman–Crippen LogP) is 1.58. The molecule has 3 aromatic rings. The van der Waals surface area contributed by atoms with E-state index in [1.807, 2.05) is 31.2 Å². The van der Waals surface area contributed by atoms with Crippen molar-refractivity contribution in [3.05, 3.63) is 41.7 Å². The molecule has 0 saturated heterocycles. The summed E-state index contributed by atoms with van der Waals surface area (Å²) in [6.45, 7) is 3.66. The van der Waals surface area contributed by atoms with Crippen LogP contribution in [-0.2, 0) is 11.3 Å². The molecule has 3 rings (SSSR count). The van der Waals surface area contributed by atoms with Gasteiger partial charge in [0.15, 0.2) is 5.82 Å². The second-order valence-corrected chi connectivity index (χ2v) is 4.83. The first-order valence-electron chi connectivity index (χ1n) is 6.69. The number of aromatic nitrogens is 5. The van der Waals surface area contributed by atoms with Crippen LogP contribution in [-0.4, -0.2) is 31.3 Å². The molecule has 1 N–H and O–H groups in total. The maximum absolute atomic E-state index is 11.9. The van der Waals surface area contributed by atoms with E-state index >= 15 is 0 Å². The van der Waals surface area contributed by atoms with Gasteiger partial charge in [0.25, 0.3) is 0 Å². The zero-order valence-electron chi connectivity index (χ0n) is 12.1. The fourth-order valence-electron chi connectivity index (χ4n) is 1.98. The number of carbonyl (C=O) groups excluding carboxylic acids is 1. The lowest BCUT2D eigenvalue weighted by Crippen LogP contribution is -2.20. The summed E-state index contributed by atoms with van der Waals surface area (Å²) in [5.41, 5.74) is 1.94. The number of nitrogens with one attached hydrogen (secondary N) is 1. The highest BCUT2D eigenvalue weighted by Gasteiger charge is 2.12. The number of hydrogen-bond acceptors (Lipinski definition) is 6. The lowest BCUT2D eigenvalue weighted by molar-refractivity contribution is -0.117. The van der Waals surface area contributed by atoms with Gasteiger partial charge in [0.05, 0.1) is 0 Å². The number of tetrazole rings is 1. The molecule has 0 radical (unpaired) electrons. The Morgan fingerprint density at radius 1 is 1.32 bits per heavy atom. The van der Waals surface area contributed by atoms with Crippen LogP contribution in [0.3, 0.4) is 0 Å². The van der Waals surface area contributed by atoms with Gasteiger partial charge in [-0.3, -0.25) is 4.79 Å². The Morgan fingerprint density at radius 3 is 2.86 bits per heavy atom. The van der Waals surface area contributed by atoms with Gasteiger partial charge in [-0.05, 0) is 24.6 Å². The van der Waals surface area contributed by atoms with Crippen LogP contribution < -0.4 is 5.32 Å². The highest BCUT2D eigenvalue weighted by molar-refractivity contribution is 5.89. The molecule has 22 heavy (non-hydrogen) atoms. The van der Waals surface area contributed by atoms with E-state index in [4.69, 9.17) is 4.52 Å². The van der Waals surface area contributed by atoms with Gasteiger partial charge in [-0.2, -0.15) is 4.80 Å². The van der Waals surface area contributed by atoms with Crippen LogP contribution >= 0.6 is 0 Å². The second kappa shape index (κ2) is 5.76. The minimum absolute atomic E-state index is 0.0508. The molecule has 8 heteroatoms. The monoisotopic (exact) mass is 298 g/mol. The Kier molecular flexibility index (Phi) is 3.65. The molecule has 2 aromatic heterocycles. The molecular weight excluding hydrogens is 284 g/mol. The molecule has 0 aliphatic heterocycles. The minimum Gasteiger partial charge on any atom is -0.360 e. The van der Waals surface area contributed by atoms with Crippen LogP contribution in [0.25, 0.3) is 11.4 Å². The number of rotatable bonds is 4. The lowest BCUT2D eigenvalue weighted by atomic mass is 10.1. The number of aryl methyl sites for hydroxylation is 2. The molecule has 0 fully saturated rings. The fraction of sp³-hybridized carbons (Fsp3) is 0.214. The Balaban J connectivity index is 1.69. The predicted molar refractivity (Wildman–Crippen MR) is 77.9 cm³/mol. The van der Waals surface area contributed by atoms with Crippen molar-refractivity contribution >= 4 is 11.7 Å². The number of amides is 1. The van der Waals surface area contributed by atoms with Crippen molar-refractivity contribution in [3.8, 4) is 11.4 Å². The molecule has 0 bridgehead atoms. The van der Waals surface area contributed by atoms with E-state index in [-0.39, 0.29) is 12.5 Å². The van der Waals surface area contributed by atoms with Crippen molar-refractivity contribution in [2.24, 2.45) is 0 Å². The van der Waals surface area contributed by atoms with E-state index in [0.29, 0.717) is 17.4 Å². The third-order valence-corrected chi connectivity index (χ3v) is 3.02. The third-order valence-electron chi connectivity index (χ3n) is 3.02. The molecular formula is C14H14N6O2.